The first-order valence-corrected chi connectivity index (χ1v) is 6.40. The van der Waals surface area contributed by atoms with Gasteiger partial charge in [-0.25, -0.2) is 9.48 Å². The molecule has 2 aromatic rings. The molecule has 0 amide bonds. The van der Waals surface area contributed by atoms with E-state index < -0.39 is 34.4 Å². The van der Waals surface area contributed by atoms with E-state index >= 15 is 0 Å². The summed E-state index contributed by atoms with van der Waals surface area (Å²) in [5.74, 6) is -1.15. The van der Waals surface area contributed by atoms with Crippen molar-refractivity contribution in [2.75, 3.05) is 14.2 Å². The number of hydrogen-bond donors (Lipinski definition) is 1. The van der Waals surface area contributed by atoms with E-state index in [1.807, 2.05) is 0 Å². The lowest BCUT2D eigenvalue weighted by atomic mass is 10.2. The second-order valence-electron chi connectivity index (χ2n) is 4.52. The lowest BCUT2D eigenvalue weighted by Gasteiger charge is -2.14. The summed E-state index contributed by atoms with van der Waals surface area (Å²) in [6.45, 7) is 0. The minimum Gasteiger partial charge on any atom is -0.497 e. The van der Waals surface area contributed by atoms with Crippen LogP contribution in [0.15, 0.2) is 33.9 Å². The van der Waals surface area contributed by atoms with Gasteiger partial charge in [-0.05, 0) is 24.3 Å². The Morgan fingerprint density at radius 3 is 2.17 bits per heavy atom. The van der Waals surface area contributed by atoms with Gasteiger partial charge in [0.05, 0.1) is 19.9 Å². The van der Waals surface area contributed by atoms with Crippen molar-refractivity contribution in [1.29, 1.82) is 0 Å². The van der Waals surface area contributed by atoms with Gasteiger partial charge in [0, 0.05) is 0 Å². The third-order valence-electron chi connectivity index (χ3n) is 3.10. The summed E-state index contributed by atoms with van der Waals surface area (Å²) in [5, 5.41) is 1.77. The number of hydrogen-bond acceptors (Lipinski definition) is 5. The fourth-order valence-electron chi connectivity index (χ4n) is 1.96. The Balaban J connectivity index is 2.80. The molecule has 1 N–H and O–H groups in total. The number of aromatic nitrogens is 2. The van der Waals surface area contributed by atoms with Crippen molar-refractivity contribution in [3.8, 4) is 11.4 Å². The van der Waals surface area contributed by atoms with E-state index in [9.17, 15) is 27.6 Å². The first-order valence-electron chi connectivity index (χ1n) is 6.40. The zero-order valence-electron chi connectivity index (χ0n) is 12.4. The largest absolute Gasteiger partial charge is 0.497 e. The quantitative estimate of drug-likeness (QED) is 0.670. The van der Waals surface area contributed by atoms with Gasteiger partial charge in [0.1, 0.15) is 11.3 Å². The number of rotatable bonds is 3. The van der Waals surface area contributed by atoms with Crippen LogP contribution >= 0.6 is 0 Å². The van der Waals surface area contributed by atoms with Crippen LogP contribution in [0.3, 0.4) is 0 Å². The van der Waals surface area contributed by atoms with Gasteiger partial charge in [-0.15, -0.1) is 0 Å². The van der Waals surface area contributed by atoms with Crippen molar-refractivity contribution in [3.63, 3.8) is 0 Å². The Morgan fingerprint density at radius 2 is 1.71 bits per heavy atom. The van der Waals surface area contributed by atoms with Crippen molar-refractivity contribution >= 4 is 5.97 Å². The fourth-order valence-corrected chi connectivity index (χ4v) is 1.96. The molecule has 1 heterocycles. The summed E-state index contributed by atoms with van der Waals surface area (Å²) >= 11 is 0. The molecule has 0 radical (unpaired) electrons. The molecule has 7 nitrogen and oxygen atoms in total. The van der Waals surface area contributed by atoms with E-state index in [1.165, 1.54) is 31.4 Å². The van der Waals surface area contributed by atoms with Crippen LogP contribution < -0.4 is 15.7 Å². The summed E-state index contributed by atoms with van der Waals surface area (Å²) in [6, 6.07) is 5.32. The molecule has 0 unspecified atom stereocenters. The lowest BCUT2D eigenvalue weighted by Crippen LogP contribution is -2.42. The van der Waals surface area contributed by atoms with Crippen molar-refractivity contribution < 1.29 is 27.4 Å². The molecule has 128 valence electrons. The second-order valence-corrected chi connectivity index (χ2v) is 4.52. The van der Waals surface area contributed by atoms with E-state index in [0.717, 1.165) is 7.11 Å². The van der Waals surface area contributed by atoms with Gasteiger partial charge in [0.15, 0.2) is 5.69 Å². The normalized spacial score (nSPS) is 11.2. The van der Waals surface area contributed by atoms with E-state index in [2.05, 4.69) is 4.74 Å². The molecule has 10 heteroatoms. The summed E-state index contributed by atoms with van der Waals surface area (Å²) in [5.41, 5.74) is -6.08. The minimum atomic E-state index is -5.08. The first-order chi connectivity index (χ1) is 11.2. The van der Waals surface area contributed by atoms with E-state index in [0.29, 0.717) is 10.4 Å². The maximum absolute atomic E-state index is 13.2. The number of esters is 1. The van der Waals surface area contributed by atoms with Crippen LogP contribution in [0.5, 0.6) is 5.75 Å². The van der Waals surface area contributed by atoms with Gasteiger partial charge in [-0.2, -0.15) is 13.2 Å². The molecule has 1 aromatic heterocycles. The van der Waals surface area contributed by atoms with Crippen molar-refractivity contribution in [2.45, 2.75) is 6.18 Å². The highest BCUT2D eigenvalue weighted by Crippen LogP contribution is 2.29. The molecule has 2 rings (SSSR count). The molecule has 1 aromatic carbocycles. The van der Waals surface area contributed by atoms with Gasteiger partial charge in [-0.1, -0.05) is 0 Å². The summed E-state index contributed by atoms with van der Waals surface area (Å²) in [6.07, 6.45) is -5.08. The van der Waals surface area contributed by atoms with E-state index in [4.69, 9.17) is 4.74 Å². The Kier molecular flexibility index (Phi) is 4.49. The maximum atomic E-state index is 13.2. The number of halogens is 3. The molecular formula is C14H11F3N2O5. The molecule has 0 fully saturated rings. The van der Waals surface area contributed by atoms with Crippen LogP contribution in [-0.4, -0.2) is 30.0 Å². The minimum absolute atomic E-state index is 0.0418. The highest BCUT2D eigenvalue weighted by Gasteiger charge is 2.40. The third kappa shape index (κ3) is 3.03. The number of nitrogens with one attached hydrogen (secondary N) is 1. The third-order valence-corrected chi connectivity index (χ3v) is 3.10. The van der Waals surface area contributed by atoms with Crippen LogP contribution in [0.25, 0.3) is 5.69 Å². The smallest absolute Gasteiger partial charge is 0.433 e. The number of carbonyl (C=O) groups is 1. The van der Waals surface area contributed by atoms with E-state index in [-0.39, 0.29) is 5.69 Å². The standard InChI is InChI=1S/C14H11F3N2O5/c1-23-8-5-3-7(4-6-8)19-12(21)10(20)9(13(22)24-2)11(18-19)14(15,16)17/h3-6,18H,1-2H3. The Morgan fingerprint density at radius 1 is 1.12 bits per heavy atom. The van der Waals surface area contributed by atoms with Gasteiger partial charge in [-0.3, -0.25) is 14.7 Å². The number of methoxy groups -OCH3 is 2. The monoisotopic (exact) mass is 344 g/mol. The van der Waals surface area contributed by atoms with Crippen molar-refractivity contribution in [3.05, 3.63) is 56.1 Å². The number of carbonyl (C=O) groups excluding carboxylic acids is 1. The molecule has 0 bridgehead atoms. The lowest BCUT2D eigenvalue weighted by molar-refractivity contribution is -0.142. The zero-order valence-corrected chi connectivity index (χ0v) is 12.4. The summed E-state index contributed by atoms with van der Waals surface area (Å²) in [4.78, 5) is 35.5. The summed E-state index contributed by atoms with van der Waals surface area (Å²) in [7, 11) is 2.19. The zero-order chi connectivity index (χ0) is 18.1. The van der Waals surface area contributed by atoms with Crippen LogP contribution in [0, 0.1) is 0 Å². The number of nitrogens with zero attached hydrogens (tertiary/aromatic N) is 1. The highest BCUT2D eigenvalue weighted by molar-refractivity contribution is 5.90. The topological polar surface area (TPSA) is 90.4 Å². The Labute approximate surface area is 132 Å². The average molecular weight is 344 g/mol. The van der Waals surface area contributed by atoms with Crippen LogP contribution in [0.1, 0.15) is 16.1 Å². The number of benzene rings is 1. The number of H-pyrrole nitrogens is 1. The van der Waals surface area contributed by atoms with Crippen molar-refractivity contribution in [1.82, 2.24) is 9.78 Å². The highest BCUT2D eigenvalue weighted by atomic mass is 19.4. The Hall–Kier alpha value is -3.04. The molecule has 0 spiro atoms. The first kappa shape index (κ1) is 17.3. The molecule has 0 aliphatic rings. The van der Waals surface area contributed by atoms with Crippen LogP contribution in [0.4, 0.5) is 13.2 Å². The molecular weight excluding hydrogens is 333 g/mol. The SMILES string of the molecule is COC(=O)c1c(C(F)(F)F)[nH]n(-c2ccc(OC)cc2)c(=O)c1=O. The number of ether oxygens (including phenoxy) is 2. The fraction of sp³-hybridized carbons (Fsp3) is 0.214. The van der Waals surface area contributed by atoms with Crippen LogP contribution in [-0.2, 0) is 10.9 Å². The Bertz CT molecular complexity index is 881. The van der Waals surface area contributed by atoms with Gasteiger partial charge < -0.3 is 9.47 Å². The number of alkyl halides is 3. The summed E-state index contributed by atoms with van der Waals surface area (Å²) < 4.78 is 48.9. The molecule has 0 atom stereocenters. The average Bonchev–Trinajstić information content (AvgIpc) is 2.55. The van der Waals surface area contributed by atoms with Gasteiger partial charge in [0.2, 0.25) is 0 Å². The van der Waals surface area contributed by atoms with Gasteiger partial charge in [0.25, 0.3) is 5.43 Å². The molecule has 0 aliphatic heterocycles. The molecule has 0 saturated carbocycles. The maximum Gasteiger partial charge on any atom is 0.433 e. The predicted molar refractivity (Wildman–Crippen MR) is 75.6 cm³/mol. The molecule has 24 heavy (non-hydrogen) atoms. The van der Waals surface area contributed by atoms with Gasteiger partial charge >= 0.3 is 17.7 Å². The second kappa shape index (κ2) is 6.22. The predicted octanol–water partition coefficient (Wildman–Crippen LogP) is 1.34. The number of aromatic amines is 1. The van der Waals surface area contributed by atoms with Crippen molar-refractivity contribution in [2.24, 2.45) is 0 Å². The van der Waals surface area contributed by atoms with Crippen LogP contribution in [0.2, 0.25) is 0 Å². The molecule has 0 saturated heterocycles. The molecule has 0 aliphatic carbocycles. The van der Waals surface area contributed by atoms with E-state index in [1.54, 1.807) is 5.10 Å².